The van der Waals surface area contributed by atoms with Gasteiger partial charge in [0.05, 0.1) is 0 Å². The van der Waals surface area contributed by atoms with E-state index in [2.05, 4.69) is 59.7 Å². The van der Waals surface area contributed by atoms with Gasteiger partial charge >= 0.3 is 217 Å². The maximum atomic E-state index is 6.85. The van der Waals surface area contributed by atoms with E-state index in [9.17, 15) is 0 Å². The summed E-state index contributed by atoms with van der Waals surface area (Å²) in [6.07, 6.45) is 0. The van der Waals surface area contributed by atoms with E-state index in [0.717, 1.165) is 10.9 Å². The summed E-state index contributed by atoms with van der Waals surface area (Å²) in [5.41, 5.74) is 2.25. The molecule has 0 aliphatic rings. The average molecular weight is 501 g/mol. The van der Waals surface area contributed by atoms with Crippen molar-refractivity contribution in [3.8, 4) is 17.2 Å². The van der Waals surface area contributed by atoms with Crippen LogP contribution in [0.3, 0.4) is 0 Å². The molecule has 0 radical (unpaired) electrons. The first-order chi connectivity index (χ1) is 17.1. The van der Waals surface area contributed by atoms with E-state index < -0.39 is 7.94 Å². The van der Waals surface area contributed by atoms with Crippen molar-refractivity contribution in [3.63, 3.8) is 0 Å². The SMILES string of the molecule is CC(C)(C)c1ccc([PH](Oc2ccccc2)(Oc2ccccc2)Oc2ccccc2)c(C(C)(C)C)c1. The summed E-state index contributed by atoms with van der Waals surface area (Å²) in [5.74, 6) is 2.11. The Bertz CT molecular complexity index is 1160. The Balaban J connectivity index is 1.99. The van der Waals surface area contributed by atoms with Crippen molar-refractivity contribution in [1.82, 2.24) is 0 Å². The molecule has 3 nitrogen and oxygen atoms in total. The minimum absolute atomic E-state index is 0.00358. The normalized spacial score (nSPS) is 12.6. The molecule has 0 aliphatic heterocycles. The molecule has 0 spiro atoms. The maximum absolute atomic E-state index is 6.85. The molecule has 0 saturated heterocycles. The summed E-state index contributed by atoms with van der Waals surface area (Å²) in [4.78, 5) is 0. The van der Waals surface area contributed by atoms with E-state index in [4.69, 9.17) is 13.6 Å². The van der Waals surface area contributed by atoms with Crippen LogP contribution in [0.2, 0.25) is 0 Å². The molecule has 0 atom stereocenters. The Hall–Kier alpha value is -3.29. The van der Waals surface area contributed by atoms with Crippen molar-refractivity contribution in [2.45, 2.75) is 52.4 Å². The third kappa shape index (κ3) is 6.09. The van der Waals surface area contributed by atoms with Crippen LogP contribution in [0.15, 0.2) is 109 Å². The van der Waals surface area contributed by atoms with Crippen LogP contribution in [-0.4, -0.2) is 0 Å². The van der Waals surface area contributed by atoms with Crippen LogP contribution in [0.25, 0.3) is 0 Å². The summed E-state index contributed by atoms with van der Waals surface area (Å²) in [6.45, 7) is 13.4. The zero-order valence-electron chi connectivity index (χ0n) is 22.1. The van der Waals surface area contributed by atoms with Gasteiger partial charge in [0.15, 0.2) is 0 Å². The first-order valence-corrected chi connectivity index (χ1v) is 14.2. The van der Waals surface area contributed by atoms with Crippen molar-refractivity contribution >= 4 is 13.2 Å². The molecule has 0 saturated carbocycles. The van der Waals surface area contributed by atoms with Gasteiger partial charge in [-0.05, 0) is 0 Å². The molecule has 188 valence electrons. The third-order valence-electron chi connectivity index (χ3n) is 6.01. The van der Waals surface area contributed by atoms with E-state index in [1.807, 2.05) is 91.0 Å². The van der Waals surface area contributed by atoms with Crippen LogP contribution in [0.5, 0.6) is 17.2 Å². The van der Waals surface area contributed by atoms with Gasteiger partial charge in [0, 0.05) is 0 Å². The topological polar surface area (TPSA) is 27.7 Å². The minimum atomic E-state index is -3.63. The standard InChI is InChI=1S/C32H37O3P/c1-31(2,3)25-22-23-30(29(24-25)32(4,5)6)36(33-26-16-10-7-11-17-26,34-27-18-12-8-13-19-27)35-28-20-14-9-15-21-28/h7-24,36H,1-6H3. The summed E-state index contributed by atoms with van der Waals surface area (Å²) in [6, 6.07) is 36.1. The third-order valence-corrected chi connectivity index (χ3v) is 8.62. The Morgan fingerprint density at radius 1 is 0.472 bits per heavy atom. The van der Waals surface area contributed by atoms with Crippen LogP contribution >= 0.6 is 7.94 Å². The second-order valence-corrected chi connectivity index (χ2v) is 13.3. The number of hydrogen-bond acceptors (Lipinski definition) is 3. The molecule has 0 amide bonds. The van der Waals surface area contributed by atoms with E-state index >= 15 is 0 Å². The Morgan fingerprint density at radius 2 is 0.861 bits per heavy atom. The fourth-order valence-corrected chi connectivity index (χ4v) is 6.92. The molecule has 0 aliphatic carbocycles. The number of benzene rings is 4. The van der Waals surface area contributed by atoms with E-state index in [0.29, 0.717) is 17.2 Å². The molecule has 0 heterocycles. The second-order valence-electron chi connectivity index (χ2n) is 11.1. The Kier molecular flexibility index (Phi) is 7.43. The summed E-state index contributed by atoms with van der Waals surface area (Å²) in [7, 11) is -3.63. The van der Waals surface area contributed by atoms with Crippen molar-refractivity contribution in [2.75, 3.05) is 0 Å². The van der Waals surface area contributed by atoms with Crippen molar-refractivity contribution in [3.05, 3.63) is 120 Å². The van der Waals surface area contributed by atoms with Crippen LogP contribution in [-0.2, 0) is 10.8 Å². The second kappa shape index (κ2) is 10.4. The molecule has 0 unspecified atom stereocenters. The first-order valence-electron chi connectivity index (χ1n) is 12.4. The van der Waals surface area contributed by atoms with E-state index in [-0.39, 0.29) is 10.8 Å². The fraction of sp³-hybridized carbons (Fsp3) is 0.250. The van der Waals surface area contributed by atoms with Crippen LogP contribution in [0, 0.1) is 0 Å². The van der Waals surface area contributed by atoms with Gasteiger partial charge in [0.1, 0.15) is 0 Å². The predicted octanol–water partition coefficient (Wildman–Crippen LogP) is 8.64. The summed E-state index contributed by atoms with van der Waals surface area (Å²) in [5, 5.41) is 0.958. The monoisotopic (exact) mass is 500 g/mol. The van der Waals surface area contributed by atoms with Gasteiger partial charge in [-0.2, -0.15) is 0 Å². The fourth-order valence-electron chi connectivity index (χ4n) is 4.06. The van der Waals surface area contributed by atoms with Gasteiger partial charge in [-0.3, -0.25) is 0 Å². The number of para-hydroxylation sites is 3. The molecular weight excluding hydrogens is 463 g/mol. The molecule has 36 heavy (non-hydrogen) atoms. The molecular formula is C32H37O3P. The van der Waals surface area contributed by atoms with Gasteiger partial charge in [0.2, 0.25) is 0 Å². The van der Waals surface area contributed by atoms with Crippen molar-refractivity contribution < 1.29 is 13.6 Å². The molecule has 4 rings (SSSR count). The molecule has 0 fully saturated rings. The van der Waals surface area contributed by atoms with Crippen LogP contribution in [0.4, 0.5) is 0 Å². The van der Waals surface area contributed by atoms with Gasteiger partial charge in [-0.1, -0.05) is 0 Å². The number of hydrogen-bond donors (Lipinski definition) is 0. The van der Waals surface area contributed by atoms with Crippen LogP contribution in [0.1, 0.15) is 52.7 Å². The number of rotatable bonds is 7. The molecule has 0 aromatic heterocycles. The van der Waals surface area contributed by atoms with Crippen molar-refractivity contribution in [2.24, 2.45) is 0 Å². The quantitative estimate of drug-likeness (QED) is 0.238. The van der Waals surface area contributed by atoms with E-state index in [1.54, 1.807) is 0 Å². The van der Waals surface area contributed by atoms with E-state index in [1.165, 1.54) is 5.56 Å². The zero-order chi connectivity index (χ0) is 25.8. The molecule has 0 N–H and O–H groups in total. The van der Waals surface area contributed by atoms with Gasteiger partial charge < -0.3 is 0 Å². The molecule has 4 aromatic rings. The average Bonchev–Trinajstić information content (AvgIpc) is 2.84. The zero-order valence-corrected chi connectivity index (χ0v) is 23.1. The predicted molar refractivity (Wildman–Crippen MR) is 153 cm³/mol. The van der Waals surface area contributed by atoms with Gasteiger partial charge in [-0.25, -0.2) is 0 Å². The first kappa shape index (κ1) is 25.8. The molecule has 4 aromatic carbocycles. The summed E-state index contributed by atoms with van der Waals surface area (Å²) >= 11 is 0. The molecule has 4 heteroatoms. The van der Waals surface area contributed by atoms with Crippen LogP contribution < -0.4 is 18.9 Å². The molecule has 0 bridgehead atoms. The van der Waals surface area contributed by atoms with Crippen molar-refractivity contribution in [1.29, 1.82) is 0 Å². The van der Waals surface area contributed by atoms with Gasteiger partial charge in [-0.15, -0.1) is 0 Å². The summed E-state index contributed by atoms with van der Waals surface area (Å²) < 4.78 is 20.6. The Labute approximate surface area is 216 Å². The Morgan fingerprint density at radius 3 is 1.19 bits per heavy atom. The van der Waals surface area contributed by atoms with Gasteiger partial charge in [0.25, 0.3) is 0 Å².